The van der Waals surface area contributed by atoms with Crippen LogP contribution in [0.1, 0.15) is 16.4 Å². The van der Waals surface area contributed by atoms with Crippen molar-refractivity contribution in [3.63, 3.8) is 0 Å². The van der Waals surface area contributed by atoms with Gasteiger partial charge in [0.2, 0.25) is 10.0 Å². The van der Waals surface area contributed by atoms with Crippen LogP contribution in [0.15, 0.2) is 54.0 Å². The molecule has 0 spiro atoms. The minimum Gasteiger partial charge on any atom is -0.382 e. The molecule has 0 radical (unpaired) electrons. The van der Waals surface area contributed by atoms with Crippen LogP contribution >= 0.6 is 34.5 Å². The third kappa shape index (κ3) is 8.17. The van der Waals surface area contributed by atoms with E-state index in [9.17, 15) is 26.9 Å². The lowest BCUT2D eigenvalue weighted by atomic mass is 10.1. The van der Waals surface area contributed by atoms with Gasteiger partial charge < -0.3 is 9.08 Å². The third-order valence-electron chi connectivity index (χ3n) is 5.19. The van der Waals surface area contributed by atoms with Gasteiger partial charge in [-0.25, -0.2) is 13.4 Å². The van der Waals surface area contributed by atoms with Gasteiger partial charge in [0.1, 0.15) is 16.8 Å². The predicted octanol–water partition coefficient (Wildman–Crippen LogP) is 4.40. The highest BCUT2D eigenvalue weighted by Crippen LogP contribution is 2.38. The molecule has 1 aromatic carbocycles. The molecule has 1 atom stereocenters. The predicted molar refractivity (Wildman–Crippen MR) is 150 cm³/mol. The summed E-state index contributed by atoms with van der Waals surface area (Å²) in [7, 11) is -7.99. The number of nitrogens with zero attached hydrogens (tertiary/aromatic N) is 3. The third-order valence-corrected chi connectivity index (χ3v) is 8.53. The first kappa shape index (κ1) is 29.9. The standard InChI is InChI=1S/C22H24Cl2N4O7S3/c1-37(31,32)26-21-7-2-16(15-25-21)14-20(19-8-13-36-22(19)28(29)30)38(33,34)35-18-5-3-17(4-6-18)27(11-9-23)12-10-24/h2-8,13,15,20H,9-12,14H2,1H3,(H,25,26). The van der Waals surface area contributed by atoms with Crippen LogP contribution in [0, 0.1) is 10.1 Å². The molecule has 16 heteroatoms. The Balaban J connectivity index is 1.91. The van der Waals surface area contributed by atoms with Gasteiger partial charge in [0, 0.05) is 36.7 Å². The van der Waals surface area contributed by atoms with Gasteiger partial charge in [-0.05, 0) is 53.8 Å². The monoisotopic (exact) mass is 622 g/mol. The van der Waals surface area contributed by atoms with E-state index in [1.807, 2.05) is 4.90 Å². The van der Waals surface area contributed by atoms with Crippen LogP contribution in [0.4, 0.5) is 16.5 Å². The zero-order valence-electron chi connectivity index (χ0n) is 20.0. The summed E-state index contributed by atoms with van der Waals surface area (Å²) in [5, 5.41) is 11.3. The van der Waals surface area contributed by atoms with Crippen molar-refractivity contribution in [2.45, 2.75) is 11.7 Å². The summed E-state index contributed by atoms with van der Waals surface area (Å²) < 4.78 is 57.4. The number of aromatic nitrogens is 1. The minimum atomic E-state index is -4.44. The fraction of sp³-hybridized carbons (Fsp3) is 0.318. The number of rotatable bonds is 14. The molecule has 0 bridgehead atoms. The second-order valence-corrected chi connectivity index (χ2v) is 13.1. The summed E-state index contributed by atoms with van der Waals surface area (Å²) in [6.07, 6.45) is 2.06. The van der Waals surface area contributed by atoms with E-state index in [0.29, 0.717) is 30.4 Å². The normalized spacial score (nSPS) is 12.6. The first-order valence-electron chi connectivity index (χ1n) is 11.0. The second-order valence-electron chi connectivity index (χ2n) is 7.99. The van der Waals surface area contributed by atoms with E-state index in [-0.39, 0.29) is 28.6 Å². The second kappa shape index (κ2) is 12.9. The van der Waals surface area contributed by atoms with E-state index < -0.39 is 30.3 Å². The summed E-state index contributed by atoms with van der Waals surface area (Å²) in [5.74, 6) is 0.834. The Morgan fingerprint density at radius 3 is 2.26 bits per heavy atom. The molecule has 0 saturated heterocycles. The zero-order chi connectivity index (χ0) is 27.9. The average Bonchev–Trinajstić information content (AvgIpc) is 3.32. The Kier molecular flexibility index (Phi) is 10.2. The molecule has 38 heavy (non-hydrogen) atoms. The Bertz CT molecular complexity index is 1440. The van der Waals surface area contributed by atoms with Crippen LogP contribution in [-0.2, 0) is 26.6 Å². The van der Waals surface area contributed by atoms with Crippen molar-refractivity contribution in [2.24, 2.45) is 0 Å². The van der Waals surface area contributed by atoms with Gasteiger partial charge >= 0.3 is 15.1 Å². The quantitative estimate of drug-likeness (QED) is 0.119. The first-order valence-corrected chi connectivity index (χ1v) is 16.3. The van der Waals surface area contributed by atoms with Gasteiger partial charge in [-0.15, -0.1) is 23.2 Å². The molecule has 0 aliphatic rings. The molecule has 0 aliphatic heterocycles. The van der Waals surface area contributed by atoms with Crippen molar-refractivity contribution in [3.05, 3.63) is 75.3 Å². The fourth-order valence-corrected chi connectivity index (χ4v) is 6.71. The molecule has 2 aromatic heterocycles. The molecule has 0 fully saturated rings. The molecule has 0 aliphatic carbocycles. The van der Waals surface area contributed by atoms with Crippen LogP contribution in [0.25, 0.3) is 0 Å². The highest BCUT2D eigenvalue weighted by Gasteiger charge is 2.36. The Morgan fingerprint density at radius 1 is 1.08 bits per heavy atom. The number of pyridine rings is 1. The van der Waals surface area contributed by atoms with Crippen LogP contribution in [0.3, 0.4) is 0 Å². The van der Waals surface area contributed by atoms with E-state index in [4.69, 9.17) is 27.4 Å². The molecule has 11 nitrogen and oxygen atoms in total. The number of nitro groups is 1. The summed E-state index contributed by atoms with van der Waals surface area (Å²) in [6.45, 7) is 1.09. The van der Waals surface area contributed by atoms with Crippen molar-refractivity contribution in [2.75, 3.05) is 40.7 Å². The Hall–Kier alpha value is -2.65. The van der Waals surface area contributed by atoms with E-state index >= 15 is 0 Å². The zero-order valence-corrected chi connectivity index (χ0v) is 24.0. The summed E-state index contributed by atoms with van der Waals surface area (Å²) in [4.78, 5) is 16.9. The first-order chi connectivity index (χ1) is 17.9. The van der Waals surface area contributed by atoms with Gasteiger partial charge in [0.05, 0.1) is 16.7 Å². The van der Waals surface area contributed by atoms with Crippen LogP contribution < -0.4 is 13.8 Å². The lowest BCUT2D eigenvalue weighted by Crippen LogP contribution is -2.27. The van der Waals surface area contributed by atoms with E-state index in [0.717, 1.165) is 23.3 Å². The summed E-state index contributed by atoms with van der Waals surface area (Å²) >= 11 is 12.5. The van der Waals surface area contributed by atoms with Gasteiger partial charge in [0.15, 0.2) is 0 Å². The number of nitrogens with one attached hydrogen (secondary N) is 1. The van der Waals surface area contributed by atoms with Crippen molar-refractivity contribution < 1.29 is 25.9 Å². The Labute approximate surface area is 234 Å². The number of thiophene rings is 1. The topological polar surface area (TPSA) is 149 Å². The summed E-state index contributed by atoms with van der Waals surface area (Å²) in [6, 6.07) is 10.5. The van der Waals surface area contributed by atoms with E-state index in [1.54, 1.807) is 12.1 Å². The maximum atomic E-state index is 13.5. The van der Waals surface area contributed by atoms with Crippen molar-refractivity contribution in [1.29, 1.82) is 0 Å². The molecule has 3 aromatic rings. The maximum absolute atomic E-state index is 13.5. The number of alkyl halides is 2. The lowest BCUT2D eigenvalue weighted by Gasteiger charge is -2.23. The van der Waals surface area contributed by atoms with E-state index in [2.05, 4.69) is 9.71 Å². The van der Waals surface area contributed by atoms with Gasteiger partial charge in [-0.3, -0.25) is 14.8 Å². The molecule has 1 N–H and O–H groups in total. The molecular formula is C22H24Cl2N4O7S3. The average molecular weight is 624 g/mol. The smallest absolute Gasteiger partial charge is 0.328 e. The van der Waals surface area contributed by atoms with Crippen molar-refractivity contribution in [1.82, 2.24) is 4.98 Å². The number of sulfonamides is 1. The molecule has 3 rings (SSSR count). The molecule has 0 amide bonds. The largest absolute Gasteiger partial charge is 0.382 e. The molecule has 0 saturated carbocycles. The lowest BCUT2D eigenvalue weighted by molar-refractivity contribution is -0.380. The van der Waals surface area contributed by atoms with Crippen LogP contribution in [0.5, 0.6) is 5.75 Å². The van der Waals surface area contributed by atoms with Gasteiger partial charge in [-0.1, -0.05) is 17.4 Å². The molecule has 2 heterocycles. The van der Waals surface area contributed by atoms with Crippen LogP contribution in [-0.4, -0.2) is 57.8 Å². The SMILES string of the molecule is CS(=O)(=O)Nc1ccc(CC(c2ccsc2[N+](=O)[O-])S(=O)(=O)Oc2ccc(N(CCCl)CCCl)cc2)cn1. The van der Waals surface area contributed by atoms with Gasteiger partial charge in [-0.2, -0.15) is 8.42 Å². The number of benzene rings is 1. The minimum absolute atomic E-state index is 0.0228. The van der Waals surface area contributed by atoms with Gasteiger partial charge in [0.25, 0.3) is 0 Å². The maximum Gasteiger partial charge on any atom is 0.328 e. The van der Waals surface area contributed by atoms with Crippen LogP contribution in [0.2, 0.25) is 0 Å². The number of anilines is 2. The molecule has 1 unspecified atom stereocenters. The van der Waals surface area contributed by atoms with E-state index in [1.165, 1.54) is 41.9 Å². The molecule has 206 valence electrons. The Morgan fingerprint density at radius 2 is 1.74 bits per heavy atom. The highest BCUT2D eigenvalue weighted by atomic mass is 35.5. The fourth-order valence-electron chi connectivity index (χ4n) is 3.56. The number of halogens is 2. The molecular weight excluding hydrogens is 599 g/mol. The summed E-state index contributed by atoms with van der Waals surface area (Å²) in [5.41, 5.74) is 1.15. The number of hydrogen-bond donors (Lipinski definition) is 1. The number of hydrogen-bond acceptors (Lipinski definition) is 10. The van der Waals surface area contributed by atoms with Crippen molar-refractivity contribution in [3.8, 4) is 5.75 Å². The van der Waals surface area contributed by atoms with Crippen molar-refractivity contribution >= 4 is 71.2 Å². The highest BCUT2D eigenvalue weighted by molar-refractivity contribution is 7.92.